The number of benzene rings is 1. The fourth-order valence-electron chi connectivity index (χ4n) is 1.30. The van der Waals surface area contributed by atoms with Crippen LogP contribution in [0.15, 0.2) is 24.3 Å². The van der Waals surface area contributed by atoms with Crippen molar-refractivity contribution in [2.45, 2.75) is 32.9 Å². The largest absolute Gasteiger partial charge is 0.384 e. The van der Waals surface area contributed by atoms with Gasteiger partial charge in [0.25, 0.3) is 11.8 Å². The van der Waals surface area contributed by atoms with Gasteiger partial charge in [-0.05, 0) is 45.0 Å². The average molecular weight is 250 g/mol. The molecule has 0 bridgehead atoms. The number of rotatable bonds is 4. The minimum absolute atomic E-state index is 0.0760. The Kier molecular flexibility index (Phi) is 4.85. The zero-order chi connectivity index (χ0) is 13.7. The van der Waals surface area contributed by atoms with Crippen LogP contribution in [0.3, 0.4) is 0 Å². The average Bonchev–Trinajstić information content (AvgIpc) is 2.28. The van der Waals surface area contributed by atoms with Crippen molar-refractivity contribution < 1.29 is 14.7 Å². The van der Waals surface area contributed by atoms with Crippen LogP contribution in [0.25, 0.3) is 0 Å². The molecule has 1 atom stereocenters. The van der Waals surface area contributed by atoms with E-state index >= 15 is 0 Å². The lowest BCUT2D eigenvalue weighted by molar-refractivity contribution is -0.123. The van der Waals surface area contributed by atoms with Crippen LogP contribution < -0.4 is 10.6 Å². The molecule has 0 aromatic heterocycles. The first-order valence-electron chi connectivity index (χ1n) is 5.80. The lowest BCUT2D eigenvalue weighted by Gasteiger charge is -2.10. The summed E-state index contributed by atoms with van der Waals surface area (Å²) < 4.78 is 0. The molecule has 3 N–H and O–H groups in total. The number of hydrogen-bond donors (Lipinski definition) is 3. The number of anilines is 1. The van der Waals surface area contributed by atoms with Crippen LogP contribution in [0, 0.1) is 0 Å². The predicted octanol–water partition coefficient (Wildman–Crippen LogP) is 1.14. The highest BCUT2D eigenvalue weighted by Gasteiger charge is 2.10. The molecule has 0 fully saturated rings. The number of carbonyl (C=O) groups is 2. The Morgan fingerprint density at radius 2 is 1.67 bits per heavy atom. The Labute approximate surface area is 106 Å². The van der Waals surface area contributed by atoms with Crippen LogP contribution in [0.1, 0.15) is 31.1 Å². The van der Waals surface area contributed by atoms with Crippen molar-refractivity contribution in [1.29, 1.82) is 0 Å². The summed E-state index contributed by atoms with van der Waals surface area (Å²) in [6.07, 6.45) is -1.06. The summed E-state index contributed by atoms with van der Waals surface area (Å²) in [5, 5.41) is 14.3. The molecule has 0 radical (unpaired) electrons. The monoisotopic (exact) mass is 250 g/mol. The minimum Gasteiger partial charge on any atom is -0.384 e. The van der Waals surface area contributed by atoms with Crippen LogP contribution in [0.5, 0.6) is 0 Å². The van der Waals surface area contributed by atoms with E-state index in [0.717, 1.165) is 0 Å². The van der Waals surface area contributed by atoms with E-state index in [9.17, 15) is 9.59 Å². The third kappa shape index (κ3) is 4.18. The second-order valence-corrected chi connectivity index (χ2v) is 4.37. The summed E-state index contributed by atoms with van der Waals surface area (Å²) in [7, 11) is 0. The molecule has 5 heteroatoms. The molecule has 2 amide bonds. The first-order chi connectivity index (χ1) is 8.40. The molecule has 1 aromatic rings. The quantitative estimate of drug-likeness (QED) is 0.750. The molecule has 0 aliphatic rings. The van der Waals surface area contributed by atoms with Crippen molar-refractivity contribution in [1.82, 2.24) is 5.32 Å². The van der Waals surface area contributed by atoms with Gasteiger partial charge in [-0.2, -0.15) is 0 Å². The summed E-state index contributed by atoms with van der Waals surface area (Å²) in [6, 6.07) is 6.56. The number of nitrogens with one attached hydrogen (secondary N) is 2. The highest BCUT2D eigenvalue weighted by Crippen LogP contribution is 2.10. The first kappa shape index (κ1) is 14.2. The number of hydrogen-bond acceptors (Lipinski definition) is 3. The Hall–Kier alpha value is -1.88. The van der Waals surface area contributed by atoms with E-state index in [4.69, 9.17) is 5.11 Å². The predicted molar refractivity (Wildman–Crippen MR) is 69.4 cm³/mol. The molecule has 0 saturated heterocycles. The van der Waals surface area contributed by atoms with Gasteiger partial charge in [-0.3, -0.25) is 9.59 Å². The molecule has 0 aliphatic carbocycles. The van der Waals surface area contributed by atoms with Crippen LogP contribution >= 0.6 is 0 Å². The van der Waals surface area contributed by atoms with Crippen LogP contribution in [-0.4, -0.2) is 29.1 Å². The van der Waals surface area contributed by atoms with Gasteiger partial charge in [0, 0.05) is 17.3 Å². The van der Waals surface area contributed by atoms with Crippen molar-refractivity contribution in [3.63, 3.8) is 0 Å². The van der Waals surface area contributed by atoms with Crippen LogP contribution in [0.2, 0.25) is 0 Å². The molecular weight excluding hydrogens is 232 g/mol. The van der Waals surface area contributed by atoms with E-state index in [0.29, 0.717) is 11.3 Å². The minimum atomic E-state index is -1.06. The second kappa shape index (κ2) is 6.16. The van der Waals surface area contributed by atoms with Gasteiger partial charge in [-0.25, -0.2) is 0 Å². The molecule has 0 saturated carbocycles. The van der Waals surface area contributed by atoms with Gasteiger partial charge in [0.05, 0.1) is 0 Å². The maximum absolute atomic E-state index is 11.7. The van der Waals surface area contributed by atoms with Crippen molar-refractivity contribution >= 4 is 17.5 Å². The highest BCUT2D eigenvalue weighted by atomic mass is 16.3. The van der Waals surface area contributed by atoms with E-state index < -0.39 is 12.0 Å². The smallest absolute Gasteiger partial charge is 0.252 e. The molecule has 1 unspecified atom stereocenters. The topological polar surface area (TPSA) is 78.4 Å². The standard InChI is InChI=1S/C13H18N2O3/c1-8(2)14-13(18)10-4-6-11(7-5-10)15-12(17)9(3)16/h4-9,16H,1-3H3,(H,14,18)(H,15,17). The van der Waals surface area contributed by atoms with Crippen molar-refractivity contribution in [3.8, 4) is 0 Å². The van der Waals surface area contributed by atoms with Gasteiger partial charge in [0.2, 0.25) is 0 Å². The SMILES string of the molecule is CC(C)NC(=O)c1ccc(NC(=O)C(C)O)cc1. The fraction of sp³-hybridized carbons (Fsp3) is 0.385. The molecule has 0 aliphatic heterocycles. The van der Waals surface area contributed by atoms with Crippen LogP contribution in [-0.2, 0) is 4.79 Å². The molecule has 18 heavy (non-hydrogen) atoms. The molecule has 0 heterocycles. The number of aliphatic hydroxyl groups excluding tert-OH is 1. The third-order valence-corrected chi connectivity index (χ3v) is 2.21. The summed E-state index contributed by atoms with van der Waals surface area (Å²) in [6.45, 7) is 5.16. The van der Waals surface area contributed by atoms with Gasteiger partial charge in [0.1, 0.15) is 6.10 Å². The first-order valence-corrected chi connectivity index (χ1v) is 5.80. The molecule has 1 aromatic carbocycles. The normalized spacial score (nSPS) is 12.1. The number of carbonyl (C=O) groups excluding carboxylic acids is 2. The van der Waals surface area contributed by atoms with Gasteiger partial charge in [-0.15, -0.1) is 0 Å². The maximum atomic E-state index is 11.7. The molecule has 5 nitrogen and oxygen atoms in total. The zero-order valence-electron chi connectivity index (χ0n) is 10.7. The lowest BCUT2D eigenvalue weighted by atomic mass is 10.2. The lowest BCUT2D eigenvalue weighted by Crippen LogP contribution is -2.30. The summed E-state index contributed by atoms with van der Waals surface area (Å²) in [4.78, 5) is 22.9. The Balaban J connectivity index is 2.68. The van der Waals surface area contributed by atoms with E-state index in [1.54, 1.807) is 24.3 Å². The van der Waals surface area contributed by atoms with Gasteiger partial charge >= 0.3 is 0 Å². The van der Waals surface area contributed by atoms with Crippen molar-refractivity contribution in [2.75, 3.05) is 5.32 Å². The third-order valence-electron chi connectivity index (χ3n) is 2.21. The highest BCUT2D eigenvalue weighted by molar-refractivity contribution is 5.96. The Bertz CT molecular complexity index is 424. The summed E-state index contributed by atoms with van der Waals surface area (Å²) in [5.41, 5.74) is 1.07. The van der Waals surface area contributed by atoms with E-state index in [1.807, 2.05) is 13.8 Å². The molecular formula is C13H18N2O3. The fourth-order valence-corrected chi connectivity index (χ4v) is 1.30. The van der Waals surface area contributed by atoms with Crippen molar-refractivity contribution in [2.24, 2.45) is 0 Å². The number of amides is 2. The molecule has 1 rings (SSSR count). The molecule has 0 spiro atoms. The van der Waals surface area contributed by atoms with E-state index in [-0.39, 0.29) is 11.9 Å². The number of aliphatic hydroxyl groups is 1. The van der Waals surface area contributed by atoms with Gasteiger partial charge < -0.3 is 15.7 Å². The Morgan fingerprint density at radius 1 is 1.11 bits per heavy atom. The van der Waals surface area contributed by atoms with E-state index in [1.165, 1.54) is 6.92 Å². The second-order valence-electron chi connectivity index (χ2n) is 4.37. The van der Waals surface area contributed by atoms with Gasteiger partial charge in [-0.1, -0.05) is 0 Å². The summed E-state index contributed by atoms with van der Waals surface area (Å²) in [5.74, 6) is -0.632. The zero-order valence-corrected chi connectivity index (χ0v) is 10.7. The van der Waals surface area contributed by atoms with Gasteiger partial charge in [0.15, 0.2) is 0 Å². The summed E-state index contributed by atoms with van der Waals surface area (Å²) >= 11 is 0. The van der Waals surface area contributed by atoms with Crippen LogP contribution in [0.4, 0.5) is 5.69 Å². The van der Waals surface area contributed by atoms with E-state index in [2.05, 4.69) is 10.6 Å². The molecule has 98 valence electrons. The van der Waals surface area contributed by atoms with Crippen molar-refractivity contribution in [3.05, 3.63) is 29.8 Å². The maximum Gasteiger partial charge on any atom is 0.252 e. The Morgan fingerprint density at radius 3 is 2.11 bits per heavy atom.